The number of rotatable bonds is 6. The number of aromatic hydroxyl groups is 1. The van der Waals surface area contributed by atoms with Gasteiger partial charge in [-0.25, -0.2) is 0 Å². The molecule has 2 aromatic carbocycles. The van der Waals surface area contributed by atoms with Crippen molar-refractivity contribution in [3.05, 3.63) is 81.1 Å². The van der Waals surface area contributed by atoms with Crippen molar-refractivity contribution in [1.82, 2.24) is 9.47 Å². The number of benzene rings is 2. The summed E-state index contributed by atoms with van der Waals surface area (Å²) >= 11 is 7.19. The molecule has 3 N–H and O–H groups in total. The first-order chi connectivity index (χ1) is 16.5. The van der Waals surface area contributed by atoms with Crippen LogP contribution in [0.15, 0.2) is 60.8 Å². The summed E-state index contributed by atoms with van der Waals surface area (Å²) in [5, 5.41) is 23.7. The number of anilines is 1. The molecule has 0 saturated carbocycles. The van der Waals surface area contributed by atoms with E-state index < -0.39 is 0 Å². The van der Waals surface area contributed by atoms with Crippen molar-refractivity contribution in [2.75, 3.05) is 18.4 Å². The fraction of sp³-hybridized carbons (Fsp3) is 0.231. The van der Waals surface area contributed by atoms with E-state index in [4.69, 9.17) is 17.0 Å². The Morgan fingerprint density at radius 1 is 1.06 bits per heavy atom. The molecular weight excluding hydrogens is 468 g/mol. The molecule has 3 heterocycles. The second-order valence-corrected chi connectivity index (χ2v) is 10.3. The van der Waals surface area contributed by atoms with E-state index in [1.807, 2.05) is 42.6 Å². The van der Waals surface area contributed by atoms with Gasteiger partial charge in [-0.2, -0.15) is 0 Å². The molecule has 2 aromatic heterocycles. The quantitative estimate of drug-likeness (QED) is 0.229. The Kier molecular flexibility index (Phi) is 6.30. The van der Waals surface area contributed by atoms with E-state index in [1.165, 1.54) is 11.3 Å². The highest BCUT2D eigenvalue weighted by Gasteiger charge is 2.17. The smallest absolute Gasteiger partial charge is 0.265 e. The third-order valence-electron chi connectivity index (χ3n) is 6.15. The molecule has 0 atom stereocenters. The summed E-state index contributed by atoms with van der Waals surface area (Å²) in [7, 11) is 0. The molecule has 0 bridgehead atoms. The summed E-state index contributed by atoms with van der Waals surface area (Å²) in [4.78, 5) is 15.3. The number of likely N-dealkylation sites (tertiary alicyclic amines) is 1. The Morgan fingerprint density at radius 3 is 2.59 bits per heavy atom. The van der Waals surface area contributed by atoms with E-state index in [-0.39, 0.29) is 11.8 Å². The summed E-state index contributed by atoms with van der Waals surface area (Å²) in [6, 6.07) is 17.0. The third kappa shape index (κ3) is 4.67. The van der Waals surface area contributed by atoms with Crippen LogP contribution in [0.25, 0.3) is 10.8 Å². The van der Waals surface area contributed by atoms with Crippen LogP contribution in [0.5, 0.6) is 5.88 Å². The van der Waals surface area contributed by atoms with Crippen LogP contribution in [0.4, 0.5) is 5.69 Å². The first-order valence-corrected chi connectivity index (χ1v) is 12.4. The fourth-order valence-electron chi connectivity index (χ4n) is 4.45. The van der Waals surface area contributed by atoms with Crippen LogP contribution >= 0.6 is 22.9 Å². The van der Waals surface area contributed by atoms with E-state index >= 15 is 0 Å². The average Bonchev–Trinajstić information content (AvgIpc) is 3.57. The number of carbonyl (C=O) groups excluding carboxylic acids is 1. The van der Waals surface area contributed by atoms with Crippen molar-refractivity contribution in [3.8, 4) is 5.88 Å². The molecule has 5 rings (SSSR count). The molecule has 0 spiro atoms. The largest absolute Gasteiger partial charge is 0.494 e. The van der Waals surface area contributed by atoms with E-state index in [9.17, 15) is 9.90 Å². The Balaban J connectivity index is 1.36. The number of amidine groups is 1. The summed E-state index contributed by atoms with van der Waals surface area (Å²) in [6.45, 7) is 2.43. The Bertz CT molecular complexity index is 1370. The molecule has 1 aliphatic rings. The van der Waals surface area contributed by atoms with Crippen LogP contribution in [0, 0.1) is 5.41 Å². The van der Waals surface area contributed by atoms with Crippen molar-refractivity contribution in [1.29, 1.82) is 5.41 Å². The minimum absolute atomic E-state index is 0.153. The first-order valence-electron chi connectivity index (χ1n) is 11.3. The monoisotopic (exact) mass is 492 g/mol. The molecular formula is C26H25ClN4O2S. The van der Waals surface area contributed by atoms with Crippen LogP contribution in [-0.4, -0.2) is 39.4 Å². The highest BCUT2D eigenvalue weighted by atomic mass is 35.5. The third-order valence-corrected chi connectivity index (χ3v) is 7.38. The second-order valence-electron chi connectivity index (χ2n) is 8.54. The van der Waals surface area contributed by atoms with Gasteiger partial charge in [0.25, 0.3) is 5.91 Å². The lowest BCUT2D eigenvalue weighted by Crippen LogP contribution is -2.28. The van der Waals surface area contributed by atoms with Gasteiger partial charge >= 0.3 is 0 Å². The van der Waals surface area contributed by atoms with Gasteiger partial charge in [0.2, 0.25) is 0 Å². The summed E-state index contributed by atoms with van der Waals surface area (Å²) in [5.41, 5.74) is 2.77. The van der Waals surface area contributed by atoms with Crippen LogP contribution < -0.4 is 5.32 Å². The predicted molar refractivity (Wildman–Crippen MR) is 139 cm³/mol. The van der Waals surface area contributed by atoms with Gasteiger partial charge in [0.05, 0.1) is 21.4 Å². The van der Waals surface area contributed by atoms with Gasteiger partial charge < -0.3 is 19.9 Å². The number of hydrogen-bond acceptors (Lipinski definition) is 4. The maximum atomic E-state index is 12.6. The van der Waals surface area contributed by atoms with Crippen LogP contribution in [-0.2, 0) is 13.0 Å². The maximum absolute atomic E-state index is 12.6. The topological polar surface area (TPSA) is 81.3 Å². The Morgan fingerprint density at radius 2 is 1.82 bits per heavy atom. The molecule has 6 nitrogen and oxygen atoms in total. The van der Waals surface area contributed by atoms with Gasteiger partial charge in [0.15, 0.2) is 5.88 Å². The van der Waals surface area contributed by atoms with Crippen molar-refractivity contribution < 1.29 is 9.90 Å². The highest BCUT2D eigenvalue weighted by Crippen LogP contribution is 2.33. The number of nitrogens with zero attached hydrogens (tertiary/aromatic N) is 2. The molecule has 4 aromatic rings. The number of halogens is 1. The van der Waals surface area contributed by atoms with Crippen LogP contribution in [0.2, 0.25) is 4.34 Å². The van der Waals surface area contributed by atoms with Gasteiger partial charge in [-0.15, -0.1) is 11.3 Å². The molecule has 0 unspecified atom stereocenters. The molecule has 1 amide bonds. The molecule has 174 valence electrons. The van der Waals surface area contributed by atoms with Crippen molar-refractivity contribution in [2.24, 2.45) is 0 Å². The Hall–Kier alpha value is -3.29. The first kappa shape index (κ1) is 22.5. The maximum Gasteiger partial charge on any atom is 0.265 e. The standard InChI is InChI=1S/C26H25ClN4O2S/c27-23-10-9-22(34-23)25(32)29-21-8-4-7-19-20(21)16-31(26(19)33)15-18-6-3-5-17(13-18)14-24(28)30-11-1-2-12-30/h3-10,13,16,28,33H,1-2,11-12,14-15H2,(H,29,32). The van der Waals surface area contributed by atoms with Crippen LogP contribution in [0.3, 0.4) is 0 Å². The van der Waals surface area contributed by atoms with Crippen molar-refractivity contribution in [2.45, 2.75) is 25.8 Å². The zero-order valence-corrected chi connectivity index (χ0v) is 20.1. The molecule has 8 heteroatoms. The number of fused-ring (bicyclic) bond motifs is 1. The number of aromatic nitrogens is 1. The second kappa shape index (κ2) is 9.52. The van der Waals surface area contributed by atoms with E-state index in [1.54, 1.807) is 16.7 Å². The van der Waals surface area contributed by atoms with Gasteiger partial charge in [-0.3, -0.25) is 10.2 Å². The van der Waals surface area contributed by atoms with Crippen LogP contribution in [0.1, 0.15) is 33.6 Å². The lowest BCUT2D eigenvalue weighted by Gasteiger charge is -2.18. The molecule has 0 radical (unpaired) electrons. The summed E-state index contributed by atoms with van der Waals surface area (Å²) in [6.07, 6.45) is 4.79. The fourth-order valence-corrected chi connectivity index (χ4v) is 5.39. The Labute approximate surface area is 206 Å². The summed E-state index contributed by atoms with van der Waals surface area (Å²) in [5.74, 6) is 0.585. The number of hydrogen-bond donors (Lipinski definition) is 3. The van der Waals surface area contributed by atoms with Gasteiger partial charge in [0.1, 0.15) is 5.84 Å². The highest BCUT2D eigenvalue weighted by molar-refractivity contribution is 7.18. The summed E-state index contributed by atoms with van der Waals surface area (Å²) < 4.78 is 2.35. The zero-order valence-electron chi connectivity index (χ0n) is 18.6. The SMILES string of the molecule is N=C(Cc1cccc(Cn2cc3c(NC(=O)c4ccc(Cl)s4)cccc3c2O)c1)N1CCCC1. The predicted octanol–water partition coefficient (Wildman–Crippen LogP) is 5.98. The zero-order chi connectivity index (χ0) is 23.7. The average molecular weight is 493 g/mol. The lowest BCUT2D eigenvalue weighted by atomic mass is 10.1. The van der Waals surface area contributed by atoms with Gasteiger partial charge in [0, 0.05) is 36.5 Å². The van der Waals surface area contributed by atoms with Crippen molar-refractivity contribution in [3.63, 3.8) is 0 Å². The minimum Gasteiger partial charge on any atom is -0.494 e. The van der Waals surface area contributed by atoms with E-state index in [0.717, 1.165) is 42.4 Å². The number of carbonyl (C=O) groups is 1. The normalized spacial score (nSPS) is 13.5. The molecule has 1 fully saturated rings. The van der Waals surface area contributed by atoms with Gasteiger partial charge in [-0.05, 0) is 48.2 Å². The lowest BCUT2D eigenvalue weighted by molar-refractivity contribution is 0.103. The van der Waals surface area contributed by atoms with E-state index in [2.05, 4.69) is 16.3 Å². The van der Waals surface area contributed by atoms with E-state index in [0.29, 0.717) is 39.1 Å². The number of amides is 1. The molecule has 1 saturated heterocycles. The molecule has 0 aliphatic carbocycles. The minimum atomic E-state index is -0.232. The van der Waals surface area contributed by atoms with Gasteiger partial charge in [-0.1, -0.05) is 41.9 Å². The number of nitrogens with one attached hydrogen (secondary N) is 2. The number of thiophene rings is 1. The molecule has 34 heavy (non-hydrogen) atoms. The molecule has 1 aliphatic heterocycles. The van der Waals surface area contributed by atoms with Crippen molar-refractivity contribution >= 4 is 51.1 Å².